The van der Waals surface area contributed by atoms with E-state index in [4.69, 9.17) is 13.9 Å². The number of carbonyl (C=O) groups excluding carboxylic acids is 2. The maximum atomic E-state index is 11.8. The van der Waals surface area contributed by atoms with E-state index in [0.29, 0.717) is 17.1 Å². The van der Waals surface area contributed by atoms with Gasteiger partial charge in [-0.05, 0) is 24.3 Å². The van der Waals surface area contributed by atoms with Crippen molar-refractivity contribution in [3.63, 3.8) is 0 Å². The highest BCUT2D eigenvalue weighted by molar-refractivity contribution is 5.99. The van der Waals surface area contributed by atoms with Gasteiger partial charge in [-0.2, -0.15) is 5.01 Å². The standard InChI is InChI=1S/C16H14N2O5/c1-10(19)18-16(14-8-5-9-21-14)23-15(17-18)12-6-3-4-7-13(12)22-11(2)20/h3-9,16H,1-2H3. The second-order valence-electron chi connectivity index (χ2n) is 4.84. The minimum absolute atomic E-state index is 0.179. The van der Waals surface area contributed by atoms with Gasteiger partial charge in [-0.1, -0.05) is 12.1 Å². The molecule has 23 heavy (non-hydrogen) atoms. The number of carbonyl (C=O) groups is 2. The Kier molecular flexibility index (Phi) is 3.84. The van der Waals surface area contributed by atoms with E-state index in [1.165, 1.54) is 25.1 Å². The Hall–Kier alpha value is -3.09. The van der Waals surface area contributed by atoms with Gasteiger partial charge < -0.3 is 13.9 Å². The van der Waals surface area contributed by atoms with Gasteiger partial charge >= 0.3 is 5.97 Å². The molecule has 7 nitrogen and oxygen atoms in total. The molecule has 1 aromatic heterocycles. The van der Waals surface area contributed by atoms with Crippen LogP contribution in [0.15, 0.2) is 52.2 Å². The number of benzene rings is 1. The van der Waals surface area contributed by atoms with Crippen LogP contribution in [-0.4, -0.2) is 22.8 Å². The van der Waals surface area contributed by atoms with E-state index in [0.717, 1.165) is 0 Å². The number of ether oxygens (including phenoxy) is 2. The van der Waals surface area contributed by atoms with E-state index >= 15 is 0 Å². The summed E-state index contributed by atoms with van der Waals surface area (Å²) in [4.78, 5) is 23.0. The molecule has 0 spiro atoms. The van der Waals surface area contributed by atoms with Crippen LogP contribution in [0.4, 0.5) is 0 Å². The molecule has 0 radical (unpaired) electrons. The average molecular weight is 314 g/mol. The summed E-state index contributed by atoms with van der Waals surface area (Å²) >= 11 is 0. The van der Waals surface area contributed by atoms with Crippen LogP contribution in [-0.2, 0) is 14.3 Å². The third kappa shape index (κ3) is 2.94. The largest absolute Gasteiger partial charge is 0.463 e. The van der Waals surface area contributed by atoms with Gasteiger partial charge in [0.1, 0.15) is 5.75 Å². The monoisotopic (exact) mass is 314 g/mol. The number of hydrazone groups is 1. The van der Waals surface area contributed by atoms with E-state index < -0.39 is 12.2 Å². The lowest BCUT2D eigenvalue weighted by Crippen LogP contribution is -2.24. The lowest BCUT2D eigenvalue weighted by atomic mass is 10.2. The van der Waals surface area contributed by atoms with Gasteiger partial charge in [-0.3, -0.25) is 9.59 Å². The number of furan rings is 1. The highest BCUT2D eigenvalue weighted by Gasteiger charge is 2.35. The van der Waals surface area contributed by atoms with Crippen LogP contribution in [0.2, 0.25) is 0 Å². The van der Waals surface area contributed by atoms with Gasteiger partial charge in [0.25, 0.3) is 6.23 Å². The number of para-hydroxylation sites is 1. The Labute approximate surface area is 132 Å². The van der Waals surface area contributed by atoms with Gasteiger partial charge in [0.2, 0.25) is 11.8 Å². The third-order valence-electron chi connectivity index (χ3n) is 3.12. The van der Waals surface area contributed by atoms with Crippen LogP contribution in [0.25, 0.3) is 0 Å². The number of nitrogens with zero attached hydrogens (tertiary/aromatic N) is 2. The normalized spacial score (nSPS) is 16.7. The lowest BCUT2D eigenvalue weighted by molar-refractivity contribution is -0.136. The first kappa shape index (κ1) is 14.8. The summed E-state index contributed by atoms with van der Waals surface area (Å²) in [5, 5.41) is 5.37. The maximum absolute atomic E-state index is 11.8. The van der Waals surface area contributed by atoms with Crippen molar-refractivity contribution in [1.82, 2.24) is 5.01 Å². The fraction of sp³-hybridized carbons (Fsp3) is 0.188. The van der Waals surface area contributed by atoms with E-state index in [1.807, 2.05) is 0 Å². The topological polar surface area (TPSA) is 81.3 Å². The second-order valence-corrected chi connectivity index (χ2v) is 4.84. The van der Waals surface area contributed by atoms with Gasteiger partial charge in [0.15, 0.2) is 5.76 Å². The predicted molar refractivity (Wildman–Crippen MR) is 79.3 cm³/mol. The SMILES string of the molecule is CC(=O)Oc1ccccc1C1=NN(C(C)=O)C(c2ccco2)O1. The number of esters is 1. The van der Waals surface area contributed by atoms with Crippen molar-refractivity contribution in [2.24, 2.45) is 5.10 Å². The van der Waals surface area contributed by atoms with Crippen LogP contribution < -0.4 is 4.74 Å². The number of hydrogen-bond donors (Lipinski definition) is 0. The summed E-state index contributed by atoms with van der Waals surface area (Å²) < 4.78 is 16.2. The van der Waals surface area contributed by atoms with Crippen molar-refractivity contribution in [2.45, 2.75) is 20.1 Å². The van der Waals surface area contributed by atoms with Crippen LogP contribution in [0, 0.1) is 0 Å². The molecule has 1 unspecified atom stereocenters. The highest BCUT2D eigenvalue weighted by Crippen LogP contribution is 2.32. The molecule has 0 saturated carbocycles. The Morgan fingerprint density at radius 1 is 1.17 bits per heavy atom. The lowest BCUT2D eigenvalue weighted by Gasteiger charge is -2.16. The van der Waals surface area contributed by atoms with Crippen molar-refractivity contribution in [3.8, 4) is 5.75 Å². The molecule has 118 valence electrons. The third-order valence-corrected chi connectivity index (χ3v) is 3.12. The fourth-order valence-electron chi connectivity index (χ4n) is 2.18. The first-order valence-corrected chi connectivity index (χ1v) is 6.92. The van der Waals surface area contributed by atoms with E-state index in [1.54, 1.807) is 36.4 Å². The zero-order chi connectivity index (χ0) is 16.4. The Balaban J connectivity index is 1.96. The smallest absolute Gasteiger partial charge is 0.308 e. The van der Waals surface area contributed by atoms with Crippen molar-refractivity contribution in [3.05, 3.63) is 54.0 Å². The number of amides is 1. The molecule has 1 aliphatic heterocycles. The van der Waals surface area contributed by atoms with Gasteiger partial charge in [-0.15, -0.1) is 5.10 Å². The number of rotatable bonds is 3. The summed E-state index contributed by atoms with van der Waals surface area (Å²) in [7, 11) is 0. The van der Waals surface area contributed by atoms with E-state index in [2.05, 4.69) is 5.10 Å². The minimum atomic E-state index is -0.789. The van der Waals surface area contributed by atoms with Gasteiger partial charge in [0, 0.05) is 13.8 Å². The molecule has 1 atom stereocenters. The molecular formula is C16H14N2O5. The van der Waals surface area contributed by atoms with Crippen molar-refractivity contribution in [1.29, 1.82) is 0 Å². The second kappa shape index (κ2) is 5.96. The van der Waals surface area contributed by atoms with Crippen molar-refractivity contribution >= 4 is 17.8 Å². The molecule has 0 N–H and O–H groups in total. The first-order valence-electron chi connectivity index (χ1n) is 6.92. The molecule has 2 heterocycles. The quantitative estimate of drug-likeness (QED) is 0.642. The summed E-state index contributed by atoms with van der Waals surface area (Å²) in [5.74, 6) is 0.179. The van der Waals surface area contributed by atoms with Crippen LogP contribution >= 0.6 is 0 Å². The maximum Gasteiger partial charge on any atom is 0.308 e. The highest BCUT2D eigenvalue weighted by atomic mass is 16.6. The summed E-state index contributed by atoms with van der Waals surface area (Å²) in [6.07, 6.45) is 0.699. The molecule has 3 rings (SSSR count). The Morgan fingerprint density at radius 3 is 2.61 bits per heavy atom. The minimum Gasteiger partial charge on any atom is -0.463 e. The van der Waals surface area contributed by atoms with Gasteiger partial charge in [0.05, 0.1) is 11.8 Å². The van der Waals surface area contributed by atoms with Gasteiger partial charge in [-0.25, -0.2) is 0 Å². The fourth-order valence-corrected chi connectivity index (χ4v) is 2.18. The van der Waals surface area contributed by atoms with E-state index in [9.17, 15) is 9.59 Å². The number of hydrogen-bond acceptors (Lipinski definition) is 6. The zero-order valence-electron chi connectivity index (χ0n) is 12.6. The van der Waals surface area contributed by atoms with Crippen LogP contribution in [0.3, 0.4) is 0 Å². The van der Waals surface area contributed by atoms with Crippen LogP contribution in [0.1, 0.15) is 31.4 Å². The molecule has 1 aliphatic rings. The summed E-state index contributed by atoms with van der Waals surface area (Å²) in [5.41, 5.74) is 0.475. The summed E-state index contributed by atoms with van der Waals surface area (Å²) in [6.45, 7) is 2.69. The van der Waals surface area contributed by atoms with Crippen molar-refractivity contribution < 1.29 is 23.5 Å². The molecular weight excluding hydrogens is 300 g/mol. The molecule has 0 fully saturated rings. The molecule has 0 aliphatic carbocycles. The molecule has 0 saturated heterocycles. The molecule has 1 aromatic carbocycles. The Morgan fingerprint density at radius 2 is 1.96 bits per heavy atom. The molecule has 2 aromatic rings. The first-order chi connectivity index (χ1) is 11.1. The molecule has 1 amide bonds. The zero-order valence-corrected chi connectivity index (χ0v) is 12.6. The molecule has 7 heteroatoms. The van der Waals surface area contributed by atoms with Crippen molar-refractivity contribution in [2.75, 3.05) is 0 Å². The molecule has 0 bridgehead atoms. The van der Waals surface area contributed by atoms with Crippen LogP contribution in [0.5, 0.6) is 5.75 Å². The average Bonchev–Trinajstić information content (AvgIpc) is 3.16. The Bertz CT molecular complexity index is 767. The van der Waals surface area contributed by atoms with E-state index in [-0.39, 0.29) is 11.8 Å². The summed E-state index contributed by atoms with van der Waals surface area (Å²) in [6, 6.07) is 10.2. The predicted octanol–water partition coefficient (Wildman–Crippen LogP) is 2.44.